The van der Waals surface area contributed by atoms with Crippen LogP contribution in [0.15, 0.2) is 30.3 Å². The molecule has 0 aliphatic heterocycles. The summed E-state index contributed by atoms with van der Waals surface area (Å²) in [6, 6.07) is 8.57. The van der Waals surface area contributed by atoms with Gasteiger partial charge in [0.25, 0.3) is 0 Å². The first kappa shape index (κ1) is 23.1. The molecule has 6 heteroatoms. The summed E-state index contributed by atoms with van der Waals surface area (Å²) >= 11 is 4.31. The Morgan fingerprint density at radius 2 is 1.70 bits per heavy atom. The molecule has 1 aromatic rings. The van der Waals surface area contributed by atoms with Gasteiger partial charge in [-0.3, -0.25) is 4.79 Å². The number of hydrogen-bond donors (Lipinski definition) is 3. The van der Waals surface area contributed by atoms with Crippen molar-refractivity contribution < 1.29 is 14.7 Å². The van der Waals surface area contributed by atoms with E-state index in [1.165, 1.54) is 0 Å². The van der Waals surface area contributed by atoms with Gasteiger partial charge >= 0.3 is 5.97 Å². The van der Waals surface area contributed by atoms with Gasteiger partial charge in [0.1, 0.15) is 6.04 Å². The topological polar surface area (TPSA) is 92.4 Å². The van der Waals surface area contributed by atoms with Gasteiger partial charge in [-0.15, -0.1) is 0 Å². The molecular weight excluding hydrogens is 360 g/mol. The van der Waals surface area contributed by atoms with Gasteiger partial charge in [0.2, 0.25) is 5.91 Å². The fourth-order valence-corrected chi connectivity index (χ4v) is 3.39. The maximum Gasteiger partial charge on any atom is 0.326 e. The van der Waals surface area contributed by atoms with Crippen LogP contribution in [-0.2, 0) is 16.0 Å². The molecule has 0 heterocycles. The number of nitrogens with one attached hydrogen (secondary N) is 1. The molecule has 2 rings (SSSR count). The second kappa shape index (κ2) is 11.7. The van der Waals surface area contributed by atoms with Crippen LogP contribution in [0.5, 0.6) is 0 Å². The van der Waals surface area contributed by atoms with E-state index in [1.54, 1.807) is 6.92 Å². The molecule has 1 saturated carbocycles. The van der Waals surface area contributed by atoms with Crippen LogP contribution in [0.4, 0.5) is 0 Å². The maximum absolute atomic E-state index is 12.4. The number of rotatable bonds is 6. The molecule has 0 unspecified atom stereocenters. The van der Waals surface area contributed by atoms with Crippen LogP contribution in [0, 0.1) is 17.8 Å². The highest BCUT2D eigenvalue weighted by Crippen LogP contribution is 2.33. The third-order valence-electron chi connectivity index (χ3n) is 4.98. The highest BCUT2D eigenvalue weighted by Gasteiger charge is 2.30. The zero-order valence-electron chi connectivity index (χ0n) is 16.5. The van der Waals surface area contributed by atoms with Crippen LogP contribution in [-0.4, -0.2) is 28.0 Å². The van der Waals surface area contributed by atoms with Crippen LogP contribution in [0.1, 0.15) is 52.0 Å². The van der Waals surface area contributed by atoms with Gasteiger partial charge in [-0.25, -0.2) is 4.79 Å². The lowest BCUT2D eigenvalue weighted by Crippen LogP contribution is -2.45. The normalized spacial score (nSPS) is 20.1. The van der Waals surface area contributed by atoms with Crippen molar-refractivity contribution in [3.8, 4) is 0 Å². The fourth-order valence-electron chi connectivity index (χ4n) is 3.39. The Morgan fingerprint density at radius 3 is 2.15 bits per heavy atom. The molecule has 0 bridgehead atoms. The van der Waals surface area contributed by atoms with Gasteiger partial charge < -0.3 is 16.2 Å². The third-order valence-corrected chi connectivity index (χ3v) is 4.98. The molecule has 1 fully saturated rings. The highest BCUT2D eigenvalue weighted by atomic mass is 32.1. The van der Waals surface area contributed by atoms with Crippen molar-refractivity contribution in [2.75, 3.05) is 0 Å². The summed E-state index contributed by atoms with van der Waals surface area (Å²) in [5.41, 5.74) is 5.76. The Labute approximate surface area is 167 Å². The smallest absolute Gasteiger partial charge is 0.326 e. The van der Waals surface area contributed by atoms with Crippen LogP contribution in [0.3, 0.4) is 0 Å². The summed E-state index contributed by atoms with van der Waals surface area (Å²) in [4.78, 5) is 24.4. The number of aliphatic carboxylic acids is 1. The van der Waals surface area contributed by atoms with E-state index in [-0.39, 0.29) is 11.8 Å². The molecule has 5 nitrogen and oxygen atoms in total. The lowest BCUT2D eigenvalue weighted by Gasteiger charge is -2.30. The number of carbonyl (C=O) groups is 2. The molecule has 0 spiro atoms. The quantitative estimate of drug-likeness (QED) is 0.644. The van der Waals surface area contributed by atoms with Crippen molar-refractivity contribution >= 4 is 29.1 Å². The van der Waals surface area contributed by atoms with E-state index in [1.807, 2.05) is 30.3 Å². The predicted molar refractivity (Wildman–Crippen MR) is 112 cm³/mol. The average molecular weight is 393 g/mol. The van der Waals surface area contributed by atoms with Crippen molar-refractivity contribution in [3.05, 3.63) is 35.9 Å². The molecule has 1 aliphatic rings. The van der Waals surface area contributed by atoms with Gasteiger partial charge in [0.15, 0.2) is 0 Å². The van der Waals surface area contributed by atoms with Crippen molar-refractivity contribution in [1.29, 1.82) is 0 Å². The summed E-state index contributed by atoms with van der Waals surface area (Å²) in [6.45, 7) is 6.13. The molecule has 0 radical (unpaired) electrons. The van der Waals surface area contributed by atoms with Crippen LogP contribution in [0.25, 0.3) is 0 Å². The number of nitrogens with two attached hydrogens (primary N) is 1. The van der Waals surface area contributed by atoms with Gasteiger partial charge in [-0.05, 0) is 50.0 Å². The monoisotopic (exact) mass is 392 g/mol. The fraction of sp³-hybridized carbons (Fsp3) is 0.571. The Bertz CT molecular complexity index is 607. The number of carboxylic acid groups (broad SMARTS) is 1. The maximum atomic E-state index is 12.4. The number of carbonyl (C=O) groups excluding carboxylic acids is 1. The van der Waals surface area contributed by atoms with Gasteiger partial charge in [0.05, 0.1) is 4.99 Å². The number of benzene rings is 1. The van der Waals surface area contributed by atoms with Crippen molar-refractivity contribution in [3.63, 3.8) is 0 Å². The third kappa shape index (κ3) is 9.00. The highest BCUT2D eigenvalue weighted by molar-refractivity contribution is 7.80. The minimum absolute atomic E-state index is 0.0392. The molecule has 1 aliphatic carbocycles. The average Bonchev–Trinajstić information content (AvgIpc) is 2.61. The van der Waals surface area contributed by atoms with E-state index >= 15 is 0 Å². The number of carboxylic acids is 1. The SMILES string of the molecule is CC(C)C1CCC(C(=O)N[C@H](Cc2ccccc2)C(=O)O)CC1.CC(N)=S. The van der Waals surface area contributed by atoms with Crippen molar-refractivity contribution in [1.82, 2.24) is 5.32 Å². The molecule has 1 aromatic carbocycles. The molecule has 4 N–H and O–H groups in total. The standard InChI is InChI=1S/C19H27NO3.C2H5NS/c1-13(2)15-8-10-16(11-9-15)18(21)20-17(19(22)23)12-14-6-4-3-5-7-14;1-2(3)4/h3-7,13,15-17H,8-12H2,1-2H3,(H,20,21)(H,22,23);1H3,(H2,3,4)/t15?,16?,17-;/m1./s1. The first-order chi connectivity index (χ1) is 12.7. The summed E-state index contributed by atoms with van der Waals surface area (Å²) in [5.74, 6) is 0.235. The molecule has 150 valence electrons. The van der Waals surface area contributed by atoms with E-state index in [9.17, 15) is 14.7 Å². The van der Waals surface area contributed by atoms with E-state index in [0.29, 0.717) is 23.2 Å². The number of thiocarbonyl (C=S) groups is 1. The zero-order valence-corrected chi connectivity index (χ0v) is 17.3. The molecule has 0 saturated heterocycles. The molecule has 27 heavy (non-hydrogen) atoms. The van der Waals surface area contributed by atoms with Gasteiger partial charge in [-0.2, -0.15) is 0 Å². The van der Waals surface area contributed by atoms with Crippen LogP contribution >= 0.6 is 12.2 Å². The summed E-state index contributed by atoms with van der Waals surface area (Å²) in [5, 5.41) is 12.1. The number of amides is 1. The van der Waals surface area contributed by atoms with Gasteiger partial charge in [0, 0.05) is 12.3 Å². The molecular formula is C21H32N2O3S. The molecule has 0 aromatic heterocycles. The minimum Gasteiger partial charge on any atom is -0.480 e. The Hall–Kier alpha value is -1.95. The summed E-state index contributed by atoms with van der Waals surface area (Å²) in [7, 11) is 0. The lowest BCUT2D eigenvalue weighted by molar-refractivity contribution is -0.142. The predicted octanol–water partition coefficient (Wildman–Crippen LogP) is 3.55. The second-order valence-electron chi connectivity index (χ2n) is 7.56. The Kier molecular flexibility index (Phi) is 10.0. The Morgan fingerprint density at radius 1 is 1.19 bits per heavy atom. The first-order valence-electron chi connectivity index (χ1n) is 9.53. The second-order valence-corrected chi connectivity index (χ2v) is 8.20. The van der Waals surface area contributed by atoms with E-state index in [0.717, 1.165) is 31.2 Å². The van der Waals surface area contributed by atoms with Crippen LogP contribution < -0.4 is 11.1 Å². The van der Waals surface area contributed by atoms with Crippen LogP contribution in [0.2, 0.25) is 0 Å². The summed E-state index contributed by atoms with van der Waals surface area (Å²) < 4.78 is 0. The van der Waals surface area contributed by atoms with Crippen molar-refractivity contribution in [2.24, 2.45) is 23.5 Å². The van der Waals surface area contributed by atoms with E-state index < -0.39 is 12.0 Å². The van der Waals surface area contributed by atoms with E-state index in [2.05, 4.69) is 31.4 Å². The van der Waals surface area contributed by atoms with Crippen molar-refractivity contribution in [2.45, 2.75) is 58.9 Å². The number of hydrogen-bond acceptors (Lipinski definition) is 3. The lowest BCUT2D eigenvalue weighted by atomic mass is 9.76. The minimum atomic E-state index is -0.974. The van der Waals surface area contributed by atoms with E-state index in [4.69, 9.17) is 5.73 Å². The zero-order chi connectivity index (χ0) is 20.4. The molecule has 1 amide bonds. The summed E-state index contributed by atoms with van der Waals surface area (Å²) in [6.07, 6.45) is 4.18. The van der Waals surface area contributed by atoms with Gasteiger partial charge in [-0.1, -0.05) is 56.4 Å². The molecule has 1 atom stereocenters. The first-order valence-corrected chi connectivity index (χ1v) is 9.94. The Balaban J connectivity index is 0.000000828. The largest absolute Gasteiger partial charge is 0.480 e.